The Bertz CT molecular complexity index is 418. The SMILES string of the molecule is CC(C)NCCC(C)Oc1ccc(C(=O)C(C)S)nc1. The smallest absolute Gasteiger partial charge is 0.193 e. The number of hydrogen-bond donors (Lipinski definition) is 2. The first-order valence-electron chi connectivity index (χ1n) is 6.98. The van der Waals surface area contributed by atoms with Gasteiger partial charge in [-0.25, -0.2) is 4.98 Å². The number of thiol groups is 1. The summed E-state index contributed by atoms with van der Waals surface area (Å²) in [7, 11) is 0. The molecule has 112 valence electrons. The Kier molecular flexibility index (Phi) is 7.02. The van der Waals surface area contributed by atoms with Crippen LogP contribution in [0, 0.1) is 0 Å². The summed E-state index contributed by atoms with van der Waals surface area (Å²) in [6.45, 7) is 8.92. The molecule has 0 radical (unpaired) electrons. The minimum atomic E-state index is -0.338. The number of carbonyl (C=O) groups excluding carboxylic acids is 1. The van der Waals surface area contributed by atoms with E-state index in [1.54, 1.807) is 25.3 Å². The van der Waals surface area contributed by atoms with E-state index in [1.807, 2.05) is 6.92 Å². The minimum absolute atomic E-state index is 0.0749. The van der Waals surface area contributed by atoms with Crippen LogP contribution in [-0.4, -0.2) is 34.7 Å². The third kappa shape index (κ3) is 5.92. The van der Waals surface area contributed by atoms with Gasteiger partial charge in [0.05, 0.1) is 17.6 Å². The van der Waals surface area contributed by atoms with Crippen molar-refractivity contribution in [1.29, 1.82) is 0 Å². The second kappa shape index (κ2) is 8.27. The second-order valence-electron chi connectivity index (χ2n) is 5.25. The van der Waals surface area contributed by atoms with E-state index in [2.05, 4.69) is 36.8 Å². The van der Waals surface area contributed by atoms with Crippen molar-refractivity contribution in [3.63, 3.8) is 0 Å². The van der Waals surface area contributed by atoms with Crippen molar-refractivity contribution in [2.24, 2.45) is 0 Å². The first-order chi connectivity index (χ1) is 9.40. The Hall–Kier alpha value is -1.07. The molecule has 1 aromatic heterocycles. The summed E-state index contributed by atoms with van der Waals surface area (Å²) in [5.74, 6) is 0.611. The van der Waals surface area contributed by atoms with Crippen molar-refractivity contribution in [2.45, 2.75) is 51.5 Å². The molecule has 4 nitrogen and oxygen atoms in total. The third-order valence-electron chi connectivity index (χ3n) is 2.81. The van der Waals surface area contributed by atoms with Gasteiger partial charge >= 0.3 is 0 Å². The van der Waals surface area contributed by atoms with Gasteiger partial charge in [0, 0.05) is 6.04 Å². The second-order valence-corrected chi connectivity index (χ2v) is 6.02. The van der Waals surface area contributed by atoms with Gasteiger partial charge in [0.1, 0.15) is 11.4 Å². The molecule has 1 rings (SSSR count). The fraction of sp³-hybridized carbons (Fsp3) is 0.600. The first kappa shape index (κ1) is 17.0. The third-order valence-corrected chi connectivity index (χ3v) is 3.04. The van der Waals surface area contributed by atoms with E-state index in [9.17, 15) is 4.79 Å². The zero-order chi connectivity index (χ0) is 15.1. The zero-order valence-corrected chi connectivity index (χ0v) is 13.5. The molecule has 0 fully saturated rings. The van der Waals surface area contributed by atoms with E-state index in [4.69, 9.17) is 4.74 Å². The van der Waals surface area contributed by atoms with Crippen LogP contribution < -0.4 is 10.1 Å². The molecule has 2 atom stereocenters. The van der Waals surface area contributed by atoms with E-state index in [1.165, 1.54) is 0 Å². The maximum atomic E-state index is 11.7. The number of Topliss-reactive ketones (excluding diaryl/α,β-unsaturated/α-hetero) is 1. The largest absolute Gasteiger partial charge is 0.489 e. The molecule has 0 amide bonds. The summed E-state index contributed by atoms with van der Waals surface area (Å²) in [5, 5.41) is 3.01. The van der Waals surface area contributed by atoms with Gasteiger partial charge < -0.3 is 10.1 Å². The number of carbonyl (C=O) groups is 1. The summed E-state index contributed by atoms with van der Waals surface area (Å²) < 4.78 is 5.76. The molecular weight excluding hydrogens is 272 g/mol. The normalized spacial score (nSPS) is 14.1. The Morgan fingerprint density at radius 2 is 2.05 bits per heavy atom. The van der Waals surface area contributed by atoms with Gasteiger partial charge in [0.15, 0.2) is 5.78 Å². The maximum absolute atomic E-state index is 11.7. The van der Waals surface area contributed by atoms with Crippen LogP contribution in [0.4, 0.5) is 0 Å². The molecule has 1 heterocycles. The van der Waals surface area contributed by atoms with Crippen LogP contribution in [-0.2, 0) is 0 Å². The molecule has 0 aliphatic carbocycles. The van der Waals surface area contributed by atoms with Gasteiger partial charge in [0.2, 0.25) is 0 Å². The number of rotatable bonds is 8. The number of ketones is 1. The van der Waals surface area contributed by atoms with E-state index in [0.29, 0.717) is 17.5 Å². The summed E-state index contributed by atoms with van der Waals surface area (Å²) in [4.78, 5) is 15.8. The average molecular weight is 296 g/mol. The van der Waals surface area contributed by atoms with Crippen LogP contribution in [0.25, 0.3) is 0 Å². The van der Waals surface area contributed by atoms with Crippen molar-refractivity contribution >= 4 is 18.4 Å². The summed E-state index contributed by atoms with van der Waals surface area (Å²) in [5.41, 5.74) is 0.425. The van der Waals surface area contributed by atoms with Crippen molar-refractivity contribution in [3.8, 4) is 5.75 Å². The molecule has 0 aliphatic rings. The summed E-state index contributed by atoms with van der Waals surface area (Å²) >= 11 is 4.11. The molecule has 0 spiro atoms. The summed E-state index contributed by atoms with van der Waals surface area (Å²) in [6.07, 6.45) is 2.62. The van der Waals surface area contributed by atoms with Crippen LogP contribution in [0.2, 0.25) is 0 Å². The number of pyridine rings is 1. The Balaban J connectivity index is 2.47. The Morgan fingerprint density at radius 1 is 1.35 bits per heavy atom. The predicted molar refractivity (Wildman–Crippen MR) is 84.9 cm³/mol. The highest BCUT2D eigenvalue weighted by molar-refractivity contribution is 7.81. The van der Waals surface area contributed by atoms with Gasteiger partial charge in [-0.1, -0.05) is 13.8 Å². The molecular formula is C15H24N2O2S. The minimum Gasteiger partial charge on any atom is -0.489 e. The zero-order valence-electron chi connectivity index (χ0n) is 12.6. The Labute approximate surface area is 126 Å². The number of ether oxygens (including phenoxy) is 1. The fourth-order valence-electron chi connectivity index (χ4n) is 1.68. The fourth-order valence-corrected chi connectivity index (χ4v) is 1.81. The standard InChI is InChI=1S/C15H24N2O2S/c1-10(2)16-8-7-11(3)19-13-5-6-14(17-9-13)15(18)12(4)20/h5-6,9-12,16,20H,7-8H2,1-4H3. The lowest BCUT2D eigenvalue weighted by Crippen LogP contribution is -2.27. The number of aromatic nitrogens is 1. The van der Waals surface area contributed by atoms with Crippen molar-refractivity contribution < 1.29 is 9.53 Å². The van der Waals surface area contributed by atoms with E-state index in [-0.39, 0.29) is 17.1 Å². The number of hydrogen-bond acceptors (Lipinski definition) is 5. The van der Waals surface area contributed by atoms with Crippen LogP contribution in [0.5, 0.6) is 5.75 Å². The van der Waals surface area contributed by atoms with Gasteiger partial charge in [0.25, 0.3) is 0 Å². The van der Waals surface area contributed by atoms with Crippen LogP contribution >= 0.6 is 12.6 Å². The first-order valence-corrected chi connectivity index (χ1v) is 7.50. The van der Waals surface area contributed by atoms with Gasteiger partial charge in [-0.2, -0.15) is 12.6 Å². The van der Waals surface area contributed by atoms with E-state index >= 15 is 0 Å². The summed E-state index contributed by atoms with van der Waals surface area (Å²) in [6, 6.07) is 3.95. The molecule has 1 aromatic rings. The van der Waals surface area contributed by atoms with Gasteiger partial charge in [-0.15, -0.1) is 0 Å². The Morgan fingerprint density at radius 3 is 2.55 bits per heavy atom. The average Bonchev–Trinajstić information content (AvgIpc) is 2.38. The quantitative estimate of drug-likeness (QED) is 0.572. The lowest BCUT2D eigenvalue weighted by atomic mass is 10.2. The van der Waals surface area contributed by atoms with E-state index in [0.717, 1.165) is 13.0 Å². The highest BCUT2D eigenvalue weighted by atomic mass is 32.1. The highest BCUT2D eigenvalue weighted by Gasteiger charge is 2.13. The molecule has 0 bridgehead atoms. The highest BCUT2D eigenvalue weighted by Crippen LogP contribution is 2.14. The maximum Gasteiger partial charge on any atom is 0.193 e. The van der Waals surface area contributed by atoms with Crippen LogP contribution in [0.3, 0.4) is 0 Å². The van der Waals surface area contributed by atoms with Crippen molar-refractivity contribution in [2.75, 3.05) is 6.54 Å². The molecule has 20 heavy (non-hydrogen) atoms. The van der Waals surface area contributed by atoms with Crippen LogP contribution in [0.1, 0.15) is 44.6 Å². The van der Waals surface area contributed by atoms with Gasteiger partial charge in [-0.05, 0) is 38.9 Å². The van der Waals surface area contributed by atoms with Gasteiger partial charge in [-0.3, -0.25) is 4.79 Å². The van der Waals surface area contributed by atoms with E-state index < -0.39 is 0 Å². The number of nitrogens with one attached hydrogen (secondary N) is 1. The molecule has 5 heteroatoms. The molecule has 0 aliphatic heterocycles. The topological polar surface area (TPSA) is 51.2 Å². The molecule has 0 aromatic carbocycles. The molecule has 1 N–H and O–H groups in total. The van der Waals surface area contributed by atoms with Crippen molar-refractivity contribution in [3.05, 3.63) is 24.0 Å². The molecule has 0 saturated heterocycles. The molecule has 0 saturated carbocycles. The lowest BCUT2D eigenvalue weighted by molar-refractivity contribution is 0.0989. The monoisotopic (exact) mass is 296 g/mol. The van der Waals surface area contributed by atoms with Crippen molar-refractivity contribution in [1.82, 2.24) is 10.3 Å². The lowest BCUT2D eigenvalue weighted by Gasteiger charge is -2.16. The number of nitrogens with zero attached hydrogens (tertiary/aromatic N) is 1. The van der Waals surface area contributed by atoms with Crippen LogP contribution in [0.15, 0.2) is 18.3 Å². The molecule has 2 unspecified atom stereocenters. The predicted octanol–water partition coefficient (Wildman–Crippen LogP) is 2.74.